The van der Waals surface area contributed by atoms with Crippen molar-refractivity contribution < 1.29 is 0 Å². The molecule has 0 radical (unpaired) electrons. The highest BCUT2D eigenvalue weighted by Crippen LogP contribution is 1.79. The molecule has 0 spiro atoms. The Morgan fingerprint density at radius 2 is 2.50 bits per heavy atom. The molecule has 0 fully saturated rings. The number of nitrogens with one attached hydrogen (secondary N) is 2. The van der Waals surface area contributed by atoms with E-state index in [9.17, 15) is 0 Å². The molecule has 0 aromatic rings. The summed E-state index contributed by atoms with van der Waals surface area (Å²) in [5.41, 5.74) is 0. The molecule has 3 heteroatoms. The van der Waals surface area contributed by atoms with Gasteiger partial charge in [0, 0.05) is 6.54 Å². The molecule has 0 heterocycles. The third kappa shape index (κ3) is 5.50. The van der Waals surface area contributed by atoms with Crippen molar-refractivity contribution in [1.29, 1.82) is 5.41 Å². The molecule has 2 nitrogen and oxygen atoms in total. The van der Waals surface area contributed by atoms with Crippen LogP contribution in [-0.2, 0) is 0 Å². The second-order valence-corrected chi connectivity index (χ2v) is 1.65. The normalized spacial score (nSPS) is 9.75. The molecule has 0 aliphatic heterocycles. The van der Waals surface area contributed by atoms with Gasteiger partial charge in [-0.2, -0.15) is 0 Å². The molecule has 0 unspecified atom stereocenters. The average molecular weight is 133 g/mol. The van der Waals surface area contributed by atoms with Crippen molar-refractivity contribution in [2.45, 2.75) is 6.92 Å². The largest absolute Gasteiger partial charge is 0.391 e. The van der Waals surface area contributed by atoms with Crippen molar-refractivity contribution >= 4 is 16.8 Å². The fourth-order valence-electron chi connectivity index (χ4n) is 0.250. The summed E-state index contributed by atoms with van der Waals surface area (Å²) in [4.78, 5) is 0. The summed E-state index contributed by atoms with van der Waals surface area (Å²) in [5, 5.41) is 9.63. The molecule has 8 heavy (non-hydrogen) atoms. The Balaban J connectivity index is 3.20. The SMILES string of the molecule is CCN/C=C\C(=N)Cl. The van der Waals surface area contributed by atoms with E-state index in [4.69, 9.17) is 17.0 Å². The molecule has 0 saturated carbocycles. The Bertz CT molecular complexity index is 98.6. The van der Waals surface area contributed by atoms with E-state index in [1.54, 1.807) is 6.20 Å². The lowest BCUT2D eigenvalue weighted by Gasteiger charge is -1.87. The van der Waals surface area contributed by atoms with Crippen LogP contribution >= 0.6 is 11.6 Å². The third-order valence-electron chi connectivity index (χ3n) is 0.552. The average Bonchev–Trinajstić information content (AvgIpc) is 1.66. The van der Waals surface area contributed by atoms with E-state index < -0.39 is 0 Å². The first-order chi connectivity index (χ1) is 3.77. The molecular weight excluding hydrogens is 124 g/mol. The molecular formula is C5H9ClN2. The van der Waals surface area contributed by atoms with Crippen LogP contribution in [0.2, 0.25) is 0 Å². The van der Waals surface area contributed by atoms with Crippen molar-refractivity contribution in [2.24, 2.45) is 0 Å². The van der Waals surface area contributed by atoms with Crippen LogP contribution in [0.15, 0.2) is 12.3 Å². The lowest BCUT2D eigenvalue weighted by Crippen LogP contribution is -2.01. The van der Waals surface area contributed by atoms with Crippen molar-refractivity contribution in [1.82, 2.24) is 5.32 Å². The van der Waals surface area contributed by atoms with E-state index in [0.717, 1.165) is 6.54 Å². The predicted octanol–water partition coefficient (Wildman–Crippen LogP) is 1.33. The maximum Gasteiger partial charge on any atom is 0.122 e. The van der Waals surface area contributed by atoms with Crippen LogP contribution < -0.4 is 5.32 Å². The Morgan fingerprint density at radius 3 is 2.88 bits per heavy atom. The minimum Gasteiger partial charge on any atom is -0.391 e. The van der Waals surface area contributed by atoms with E-state index in [1.807, 2.05) is 6.92 Å². The second-order valence-electron chi connectivity index (χ2n) is 1.24. The second kappa shape index (κ2) is 4.65. The highest BCUT2D eigenvalue weighted by molar-refractivity contribution is 6.67. The molecule has 0 aliphatic carbocycles. The van der Waals surface area contributed by atoms with E-state index in [-0.39, 0.29) is 5.17 Å². The van der Waals surface area contributed by atoms with Gasteiger partial charge < -0.3 is 5.32 Å². The minimum atomic E-state index is 0.0472. The van der Waals surface area contributed by atoms with Gasteiger partial charge in [-0.05, 0) is 19.2 Å². The van der Waals surface area contributed by atoms with Gasteiger partial charge in [-0.1, -0.05) is 11.6 Å². The third-order valence-corrected chi connectivity index (χ3v) is 0.678. The van der Waals surface area contributed by atoms with Crippen LogP contribution in [-0.4, -0.2) is 11.7 Å². The first-order valence-electron chi connectivity index (χ1n) is 2.41. The van der Waals surface area contributed by atoms with Gasteiger partial charge in [0.05, 0.1) is 0 Å². The zero-order chi connectivity index (χ0) is 6.41. The number of allylic oxidation sites excluding steroid dienone is 1. The highest BCUT2D eigenvalue weighted by Gasteiger charge is 1.74. The molecule has 0 bridgehead atoms. The van der Waals surface area contributed by atoms with Gasteiger partial charge in [-0.15, -0.1) is 0 Å². The van der Waals surface area contributed by atoms with Crippen LogP contribution in [0.1, 0.15) is 6.92 Å². The Kier molecular flexibility index (Phi) is 4.36. The van der Waals surface area contributed by atoms with Crippen molar-refractivity contribution in [3.05, 3.63) is 12.3 Å². The molecule has 0 saturated heterocycles. The summed E-state index contributed by atoms with van der Waals surface area (Å²) in [5.74, 6) is 0. The molecule has 0 atom stereocenters. The van der Waals surface area contributed by atoms with Crippen molar-refractivity contribution in [3.63, 3.8) is 0 Å². The first-order valence-corrected chi connectivity index (χ1v) is 2.79. The molecule has 0 amide bonds. The molecule has 46 valence electrons. The Hall–Kier alpha value is -0.500. The van der Waals surface area contributed by atoms with Gasteiger partial charge in [0.15, 0.2) is 0 Å². The zero-order valence-corrected chi connectivity index (χ0v) is 5.50. The zero-order valence-electron chi connectivity index (χ0n) is 4.74. The highest BCUT2D eigenvalue weighted by atomic mass is 35.5. The van der Waals surface area contributed by atoms with Gasteiger partial charge in [-0.3, -0.25) is 5.41 Å². The quantitative estimate of drug-likeness (QED) is 0.559. The lowest BCUT2D eigenvalue weighted by atomic mass is 10.6. The Labute approximate surface area is 54.0 Å². The summed E-state index contributed by atoms with van der Waals surface area (Å²) in [6.07, 6.45) is 3.14. The maximum absolute atomic E-state index is 6.71. The lowest BCUT2D eigenvalue weighted by molar-refractivity contribution is 0.920. The smallest absolute Gasteiger partial charge is 0.122 e. The van der Waals surface area contributed by atoms with Crippen LogP contribution in [0.4, 0.5) is 0 Å². The topological polar surface area (TPSA) is 35.9 Å². The van der Waals surface area contributed by atoms with Gasteiger partial charge in [-0.25, -0.2) is 0 Å². The van der Waals surface area contributed by atoms with Crippen molar-refractivity contribution in [2.75, 3.05) is 6.54 Å². The van der Waals surface area contributed by atoms with E-state index >= 15 is 0 Å². The van der Waals surface area contributed by atoms with E-state index in [0.29, 0.717) is 0 Å². The van der Waals surface area contributed by atoms with E-state index in [2.05, 4.69) is 5.32 Å². The number of halogens is 1. The number of rotatable bonds is 3. The van der Waals surface area contributed by atoms with Crippen LogP contribution in [0.3, 0.4) is 0 Å². The van der Waals surface area contributed by atoms with Crippen LogP contribution in [0.25, 0.3) is 0 Å². The van der Waals surface area contributed by atoms with Gasteiger partial charge >= 0.3 is 0 Å². The first kappa shape index (κ1) is 7.50. The van der Waals surface area contributed by atoms with Gasteiger partial charge in [0.25, 0.3) is 0 Å². The fourth-order valence-corrected chi connectivity index (χ4v) is 0.313. The number of hydrogen-bond acceptors (Lipinski definition) is 2. The number of hydrogen-bond donors (Lipinski definition) is 2. The van der Waals surface area contributed by atoms with Crippen molar-refractivity contribution in [3.8, 4) is 0 Å². The molecule has 2 N–H and O–H groups in total. The van der Waals surface area contributed by atoms with E-state index in [1.165, 1.54) is 6.08 Å². The predicted molar refractivity (Wildman–Crippen MR) is 36.4 cm³/mol. The molecule has 0 aromatic heterocycles. The summed E-state index contributed by atoms with van der Waals surface area (Å²) in [6.45, 7) is 2.84. The van der Waals surface area contributed by atoms with Gasteiger partial charge in [0.2, 0.25) is 0 Å². The monoisotopic (exact) mass is 132 g/mol. The van der Waals surface area contributed by atoms with Crippen LogP contribution in [0.5, 0.6) is 0 Å². The molecule has 0 rings (SSSR count). The summed E-state index contributed by atoms with van der Waals surface area (Å²) < 4.78 is 0. The van der Waals surface area contributed by atoms with Crippen LogP contribution in [0, 0.1) is 5.41 Å². The summed E-state index contributed by atoms with van der Waals surface area (Å²) in [6, 6.07) is 0. The maximum atomic E-state index is 6.71. The minimum absolute atomic E-state index is 0.0472. The molecule has 0 aliphatic rings. The fraction of sp³-hybridized carbons (Fsp3) is 0.400. The molecule has 0 aromatic carbocycles. The Morgan fingerprint density at radius 1 is 1.88 bits per heavy atom. The summed E-state index contributed by atoms with van der Waals surface area (Å²) >= 11 is 5.17. The van der Waals surface area contributed by atoms with Gasteiger partial charge in [0.1, 0.15) is 5.17 Å². The summed E-state index contributed by atoms with van der Waals surface area (Å²) in [7, 11) is 0. The standard InChI is InChI=1S/C5H9ClN2/c1-2-8-4-3-5(6)7/h3-4,7-8H,2H2,1H3/b4-3-,7-5?.